The van der Waals surface area contributed by atoms with Crippen LogP contribution < -0.4 is 11.1 Å². The molecule has 1 rings (SSSR count). The number of hydrogen-bond donors (Lipinski definition) is 2. The van der Waals surface area contributed by atoms with Crippen LogP contribution in [0, 0.1) is 3.57 Å². The van der Waals surface area contributed by atoms with Crippen molar-refractivity contribution in [1.82, 2.24) is 5.32 Å². The minimum atomic E-state index is -0.986. The number of hydrogen-bond acceptors (Lipinski definition) is 4. The molecular weight excluding hydrogens is 339 g/mol. The summed E-state index contributed by atoms with van der Waals surface area (Å²) in [6.07, 6.45) is 0. The van der Waals surface area contributed by atoms with Crippen LogP contribution in [0.2, 0.25) is 0 Å². The molecule has 0 aromatic heterocycles. The second-order valence-corrected chi connectivity index (χ2v) is 4.24. The summed E-state index contributed by atoms with van der Waals surface area (Å²) in [6.45, 7) is -0.548. The van der Waals surface area contributed by atoms with Crippen molar-refractivity contribution < 1.29 is 19.1 Å². The number of benzene rings is 1. The molecule has 1 aromatic carbocycles. The summed E-state index contributed by atoms with van der Waals surface area (Å²) in [5, 5.41) is 1.78. The maximum absolute atomic E-state index is 11.4. The van der Waals surface area contributed by atoms with Crippen molar-refractivity contribution in [3.8, 4) is 0 Å². The summed E-state index contributed by atoms with van der Waals surface area (Å²) >= 11 is 2.10. The Balaban J connectivity index is 2.47. The van der Waals surface area contributed by atoms with Gasteiger partial charge in [0.05, 0.1) is 5.56 Å². The molecule has 17 heavy (non-hydrogen) atoms. The van der Waals surface area contributed by atoms with E-state index >= 15 is 0 Å². The highest BCUT2D eigenvalue weighted by Crippen LogP contribution is 2.07. The third kappa shape index (κ3) is 4.81. The largest absolute Gasteiger partial charge is 0.452 e. The smallest absolute Gasteiger partial charge is 0.338 e. The van der Waals surface area contributed by atoms with E-state index in [4.69, 9.17) is 5.73 Å². The van der Waals surface area contributed by atoms with E-state index in [-0.39, 0.29) is 0 Å². The van der Waals surface area contributed by atoms with Crippen molar-refractivity contribution in [2.75, 3.05) is 6.61 Å². The van der Waals surface area contributed by atoms with Crippen LogP contribution in [0.5, 0.6) is 0 Å². The Morgan fingerprint density at radius 3 is 2.35 bits per heavy atom. The van der Waals surface area contributed by atoms with E-state index in [1.807, 2.05) is 0 Å². The normalized spacial score (nSPS) is 9.47. The number of carbonyl (C=O) groups excluding carboxylic acids is 3. The molecule has 0 radical (unpaired) electrons. The molecule has 0 aliphatic heterocycles. The summed E-state index contributed by atoms with van der Waals surface area (Å²) in [4.78, 5) is 32.7. The summed E-state index contributed by atoms with van der Waals surface area (Å²) in [7, 11) is 0. The topological polar surface area (TPSA) is 98.5 Å². The number of carbonyl (C=O) groups is 3. The van der Waals surface area contributed by atoms with Gasteiger partial charge in [-0.05, 0) is 46.9 Å². The molecule has 0 saturated heterocycles. The van der Waals surface area contributed by atoms with Gasteiger partial charge in [0, 0.05) is 3.57 Å². The lowest BCUT2D eigenvalue weighted by Gasteiger charge is -2.04. The van der Waals surface area contributed by atoms with Crippen molar-refractivity contribution in [3.63, 3.8) is 0 Å². The predicted octanol–water partition coefficient (Wildman–Crippen LogP) is 0.643. The zero-order chi connectivity index (χ0) is 12.8. The van der Waals surface area contributed by atoms with Crippen LogP contribution in [-0.2, 0) is 9.53 Å². The van der Waals surface area contributed by atoms with Crippen molar-refractivity contribution in [3.05, 3.63) is 33.4 Å². The second-order valence-electron chi connectivity index (χ2n) is 3.00. The molecule has 7 heteroatoms. The lowest BCUT2D eigenvalue weighted by molar-refractivity contribution is -0.123. The lowest BCUT2D eigenvalue weighted by Crippen LogP contribution is -2.37. The van der Waals surface area contributed by atoms with E-state index in [1.165, 1.54) is 0 Å². The number of amides is 3. The van der Waals surface area contributed by atoms with Gasteiger partial charge in [0.1, 0.15) is 0 Å². The number of rotatable bonds is 3. The Labute approximate surface area is 111 Å². The third-order valence-corrected chi connectivity index (χ3v) is 2.40. The van der Waals surface area contributed by atoms with Gasteiger partial charge in [-0.2, -0.15) is 0 Å². The van der Waals surface area contributed by atoms with Crippen LogP contribution in [0.1, 0.15) is 10.4 Å². The molecule has 0 aliphatic rings. The molecule has 0 fully saturated rings. The number of esters is 1. The van der Waals surface area contributed by atoms with Gasteiger partial charge in [-0.15, -0.1) is 0 Å². The van der Waals surface area contributed by atoms with Crippen molar-refractivity contribution in [1.29, 1.82) is 0 Å². The molecule has 6 nitrogen and oxygen atoms in total. The van der Waals surface area contributed by atoms with Crippen molar-refractivity contribution in [2.45, 2.75) is 0 Å². The van der Waals surface area contributed by atoms with E-state index in [9.17, 15) is 14.4 Å². The Kier molecular flexibility index (Phi) is 4.88. The van der Waals surface area contributed by atoms with Crippen LogP contribution in [0.3, 0.4) is 0 Å². The molecule has 0 aliphatic carbocycles. The van der Waals surface area contributed by atoms with Crippen LogP contribution in [-0.4, -0.2) is 24.5 Å². The molecule has 0 atom stereocenters. The third-order valence-electron chi connectivity index (χ3n) is 1.68. The van der Waals surface area contributed by atoms with E-state index in [1.54, 1.807) is 29.6 Å². The number of urea groups is 1. The maximum atomic E-state index is 11.4. The monoisotopic (exact) mass is 348 g/mol. The first-order chi connectivity index (χ1) is 7.99. The van der Waals surface area contributed by atoms with Gasteiger partial charge in [-0.3, -0.25) is 10.1 Å². The molecule has 0 spiro atoms. The zero-order valence-corrected chi connectivity index (χ0v) is 10.8. The number of nitrogens with two attached hydrogens (primary N) is 1. The molecule has 0 unspecified atom stereocenters. The minimum absolute atomic E-state index is 0.331. The fourth-order valence-corrected chi connectivity index (χ4v) is 1.33. The molecule has 3 N–H and O–H groups in total. The molecule has 0 saturated carbocycles. The summed E-state index contributed by atoms with van der Waals surface area (Å²) in [6, 6.07) is 5.65. The van der Waals surface area contributed by atoms with Gasteiger partial charge in [-0.1, -0.05) is 0 Å². The second kappa shape index (κ2) is 6.18. The standard InChI is InChI=1S/C10H9IN2O4/c11-7-3-1-6(2-4-7)9(15)17-5-8(14)13-10(12)16/h1-4H,5H2,(H3,12,13,14,16). The average Bonchev–Trinajstić information content (AvgIpc) is 2.26. The van der Waals surface area contributed by atoms with E-state index < -0.39 is 24.5 Å². The minimum Gasteiger partial charge on any atom is -0.452 e. The highest BCUT2D eigenvalue weighted by atomic mass is 127. The number of primary amides is 1. The number of imide groups is 1. The van der Waals surface area contributed by atoms with Crippen LogP contribution in [0.4, 0.5) is 4.79 Å². The first kappa shape index (κ1) is 13.4. The molecule has 0 heterocycles. The molecule has 3 amide bonds. The summed E-state index contributed by atoms with van der Waals surface area (Å²) in [5.74, 6) is -1.41. The van der Waals surface area contributed by atoms with E-state index in [0.717, 1.165) is 3.57 Å². The maximum Gasteiger partial charge on any atom is 0.338 e. The average molecular weight is 348 g/mol. The van der Waals surface area contributed by atoms with Gasteiger partial charge in [0.2, 0.25) is 0 Å². The van der Waals surface area contributed by atoms with Crippen LogP contribution in [0.25, 0.3) is 0 Å². The van der Waals surface area contributed by atoms with Crippen LogP contribution in [0.15, 0.2) is 24.3 Å². The number of halogens is 1. The lowest BCUT2D eigenvalue weighted by atomic mass is 10.2. The Bertz CT molecular complexity index is 444. The van der Waals surface area contributed by atoms with Crippen LogP contribution >= 0.6 is 22.6 Å². The molecule has 0 bridgehead atoms. The van der Waals surface area contributed by atoms with Gasteiger partial charge in [-0.25, -0.2) is 9.59 Å². The SMILES string of the molecule is NC(=O)NC(=O)COC(=O)c1ccc(I)cc1. The molecule has 90 valence electrons. The fourth-order valence-electron chi connectivity index (χ4n) is 0.974. The zero-order valence-electron chi connectivity index (χ0n) is 8.60. The quantitative estimate of drug-likeness (QED) is 0.619. The first-order valence-electron chi connectivity index (χ1n) is 4.51. The number of ether oxygens (including phenoxy) is 1. The summed E-state index contributed by atoms with van der Waals surface area (Å²) in [5.41, 5.74) is 5.05. The Morgan fingerprint density at radius 2 is 1.82 bits per heavy atom. The van der Waals surface area contributed by atoms with Crippen molar-refractivity contribution in [2.24, 2.45) is 5.73 Å². The van der Waals surface area contributed by atoms with Gasteiger partial charge in [0.15, 0.2) is 6.61 Å². The Morgan fingerprint density at radius 1 is 1.24 bits per heavy atom. The first-order valence-corrected chi connectivity index (χ1v) is 5.59. The van der Waals surface area contributed by atoms with Crippen molar-refractivity contribution >= 4 is 40.5 Å². The fraction of sp³-hybridized carbons (Fsp3) is 0.100. The van der Waals surface area contributed by atoms with Gasteiger partial charge in [0.25, 0.3) is 5.91 Å². The number of nitrogens with one attached hydrogen (secondary N) is 1. The molecular formula is C10H9IN2O4. The summed E-state index contributed by atoms with van der Waals surface area (Å²) < 4.78 is 5.65. The highest BCUT2D eigenvalue weighted by Gasteiger charge is 2.10. The van der Waals surface area contributed by atoms with Gasteiger partial charge < -0.3 is 10.5 Å². The predicted molar refractivity (Wildman–Crippen MR) is 67.2 cm³/mol. The highest BCUT2D eigenvalue weighted by molar-refractivity contribution is 14.1. The van der Waals surface area contributed by atoms with E-state index in [0.29, 0.717) is 5.56 Å². The molecule has 1 aromatic rings. The van der Waals surface area contributed by atoms with Gasteiger partial charge >= 0.3 is 12.0 Å². The Hall–Kier alpha value is -1.64. The van der Waals surface area contributed by atoms with E-state index in [2.05, 4.69) is 27.3 Å².